The number of halogens is 2. The Morgan fingerprint density at radius 3 is 3.00 bits per heavy atom. The third-order valence-corrected chi connectivity index (χ3v) is 3.60. The summed E-state index contributed by atoms with van der Waals surface area (Å²) >= 11 is 8.07. The summed E-state index contributed by atoms with van der Waals surface area (Å²) in [4.78, 5) is 15.3. The van der Waals surface area contributed by atoms with E-state index < -0.39 is 6.03 Å². The van der Waals surface area contributed by atoms with Crippen molar-refractivity contribution in [3.8, 4) is 0 Å². The summed E-state index contributed by atoms with van der Waals surface area (Å²) in [7, 11) is 0. The first-order valence-corrected chi connectivity index (χ1v) is 7.47. The van der Waals surface area contributed by atoms with Crippen LogP contribution in [0.4, 0.5) is 4.79 Å². The maximum absolute atomic E-state index is 10.7. The molecule has 1 aromatic heterocycles. The van der Waals surface area contributed by atoms with Gasteiger partial charge in [-0.25, -0.2) is 9.78 Å². The number of hydrogen-bond donors (Lipinski definition) is 2. The van der Waals surface area contributed by atoms with Crippen molar-refractivity contribution in [3.63, 3.8) is 0 Å². The number of primary amides is 1. The number of imidazole rings is 1. The molecule has 7 heteroatoms. The van der Waals surface area contributed by atoms with E-state index in [1.165, 1.54) is 0 Å². The Labute approximate surface area is 129 Å². The summed E-state index contributed by atoms with van der Waals surface area (Å²) in [5, 5.41) is 2.58. The van der Waals surface area contributed by atoms with Gasteiger partial charge >= 0.3 is 6.03 Å². The standard InChI is InChI=1S/C12H14ClIN4O/c13-4-3-11-17-9-7-8(14)1-2-10(9)18(11)6-5-16-12(15)19/h1-2,7H,3-6H2,(H3,15,16,19). The summed E-state index contributed by atoms with van der Waals surface area (Å²) in [6, 6.07) is 5.59. The highest BCUT2D eigenvalue weighted by atomic mass is 127. The van der Waals surface area contributed by atoms with E-state index in [2.05, 4.69) is 37.5 Å². The molecule has 3 N–H and O–H groups in total. The Kier molecular flexibility index (Phi) is 4.87. The molecule has 19 heavy (non-hydrogen) atoms. The highest BCUT2D eigenvalue weighted by Gasteiger charge is 2.10. The lowest BCUT2D eigenvalue weighted by Gasteiger charge is -2.08. The third kappa shape index (κ3) is 3.50. The fraction of sp³-hybridized carbons (Fsp3) is 0.333. The molecule has 0 fully saturated rings. The van der Waals surface area contributed by atoms with Crippen LogP contribution in [0.15, 0.2) is 18.2 Å². The minimum absolute atomic E-state index is 0.474. The lowest BCUT2D eigenvalue weighted by molar-refractivity contribution is 0.248. The number of fused-ring (bicyclic) bond motifs is 1. The molecule has 2 aromatic rings. The second-order valence-corrected chi connectivity index (χ2v) is 5.67. The van der Waals surface area contributed by atoms with Gasteiger partial charge < -0.3 is 15.6 Å². The first kappa shape index (κ1) is 14.4. The molecule has 0 spiro atoms. The van der Waals surface area contributed by atoms with Gasteiger partial charge in [0.25, 0.3) is 0 Å². The minimum atomic E-state index is -0.516. The van der Waals surface area contributed by atoms with Gasteiger partial charge in [-0.05, 0) is 40.8 Å². The van der Waals surface area contributed by atoms with Crippen LogP contribution in [-0.4, -0.2) is 28.0 Å². The van der Waals surface area contributed by atoms with Gasteiger partial charge in [-0.2, -0.15) is 0 Å². The van der Waals surface area contributed by atoms with Gasteiger partial charge in [-0.1, -0.05) is 0 Å². The first-order chi connectivity index (χ1) is 9.11. The molecule has 0 unspecified atom stereocenters. The Morgan fingerprint density at radius 1 is 1.53 bits per heavy atom. The van der Waals surface area contributed by atoms with E-state index in [4.69, 9.17) is 17.3 Å². The summed E-state index contributed by atoms with van der Waals surface area (Å²) < 4.78 is 3.21. The van der Waals surface area contributed by atoms with Crippen molar-refractivity contribution in [2.45, 2.75) is 13.0 Å². The largest absolute Gasteiger partial charge is 0.352 e. The molecular formula is C12H14ClIN4O. The smallest absolute Gasteiger partial charge is 0.312 e. The van der Waals surface area contributed by atoms with Crippen molar-refractivity contribution in [3.05, 3.63) is 27.6 Å². The Morgan fingerprint density at radius 2 is 2.32 bits per heavy atom. The van der Waals surface area contributed by atoms with Gasteiger partial charge in [0.2, 0.25) is 0 Å². The number of nitrogens with two attached hydrogens (primary N) is 1. The Bertz CT molecular complexity index is 599. The number of amides is 2. The topological polar surface area (TPSA) is 72.9 Å². The van der Waals surface area contributed by atoms with Crippen LogP contribution in [0.3, 0.4) is 0 Å². The van der Waals surface area contributed by atoms with Gasteiger partial charge in [0.15, 0.2) is 0 Å². The van der Waals surface area contributed by atoms with Gasteiger partial charge in [0.05, 0.1) is 11.0 Å². The van der Waals surface area contributed by atoms with E-state index in [0.717, 1.165) is 20.4 Å². The molecule has 0 bridgehead atoms. The zero-order valence-electron chi connectivity index (χ0n) is 10.2. The number of aromatic nitrogens is 2. The number of urea groups is 1. The number of carbonyl (C=O) groups is 1. The van der Waals surface area contributed by atoms with Crippen LogP contribution < -0.4 is 11.1 Å². The van der Waals surface area contributed by atoms with E-state index in [-0.39, 0.29) is 0 Å². The lowest BCUT2D eigenvalue weighted by atomic mass is 10.3. The molecule has 0 aliphatic rings. The predicted octanol–water partition coefficient (Wildman–Crippen LogP) is 2.09. The van der Waals surface area contributed by atoms with E-state index >= 15 is 0 Å². The van der Waals surface area contributed by atoms with Gasteiger partial charge in [-0.3, -0.25) is 0 Å². The van der Waals surface area contributed by atoms with Crippen LogP contribution in [0.25, 0.3) is 11.0 Å². The highest BCUT2D eigenvalue weighted by Crippen LogP contribution is 2.19. The maximum Gasteiger partial charge on any atom is 0.312 e. The normalized spacial score (nSPS) is 10.8. The Balaban J connectivity index is 2.31. The van der Waals surface area contributed by atoms with Crippen molar-refractivity contribution in [2.24, 2.45) is 5.73 Å². The number of alkyl halides is 1. The van der Waals surface area contributed by atoms with Crippen molar-refractivity contribution in [1.82, 2.24) is 14.9 Å². The summed E-state index contributed by atoms with van der Waals surface area (Å²) in [5.41, 5.74) is 7.06. The molecule has 0 aliphatic heterocycles. The number of benzene rings is 1. The lowest BCUT2D eigenvalue weighted by Crippen LogP contribution is -2.32. The van der Waals surface area contributed by atoms with Crippen LogP contribution in [0.2, 0.25) is 0 Å². The van der Waals surface area contributed by atoms with Crippen LogP contribution >= 0.6 is 34.2 Å². The fourth-order valence-electron chi connectivity index (χ4n) is 1.97. The van der Waals surface area contributed by atoms with E-state index in [9.17, 15) is 4.79 Å². The average Bonchev–Trinajstić information content (AvgIpc) is 2.66. The molecule has 0 aliphatic carbocycles. The van der Waals surface area contributed by atoms with E-state index in [1.807, 2.05) is 18.2 Å². The summed E-state index contributed by atoms with van der Waals surface area (Å²) in [6.45, 7) is 1.11. The van der Waals surface area contributed by atoms with E-state index in [1.54, 1.807) is 0 Å². The highest BCUT2D eigenvalue weighted by molar-refractivity contribution is 14.1. The van der Waals surface area contributed by atoms with Crippen molar-refractivity contribution < 1.29 is 4.79 Å². The van der Waals surface area contributed by atoms with Crippen LogP contribution in [0.1, 0.15) is 5.82 Å². The fourth-order valence-corrected chi connectivity index (χ4v) is 2.61. The van der Waals surface area contributed by atoms with E-state index in [0.29, 0.717) is 25.4 Å². The number of nitrogens with zero attached hydrogens (tertiary/aromatic N) is 2. The van der Waals surface area contributed by atoms with Crippen molar-refractivity contribution in [1.29, 1.82) is 0 Å². The number of carbonyl (C=O) groups excluding carboxylic acids is 1. The van der Waals surface area contributed by atoms with Gasteiger partial charge in [-0.15, -0.1) is 11.6 Å². The molecular weight excluding hydrogens is 379 g/mol. The molecule has 0 radical (unpaired) electrons. The molecule has 102 valence electrons. The molecule has 1 aromatic carbocycles. The third-order valence-electron chi connectivity index (χ3n) is 2.74. The molecule has 0 saturated carbocycles. The molecule has 2 amide bonds. The first-order valence-electron chi connectivity index (χ1n) is 5.85. The van der Waals surface area contributed by atoms with Crippen LogP contribution in [-0.2, 0) is 13.0 Å². The number of nitrogens with one attached hydrogen (secondary N) is 1. The second-order valence-electron chi connectivity index (χ2n) is 4.04. The molecule has 2 rings (SSSR count). The summed E-state index contributed by atoms with van der Waals surface area (Å²) in [6.07, 6.45) is 0.698. The van der Waals surface area contributed by atoms with Crippen LogP contribution in [0, 0.1) is 3.57 Å². The number of aryl methyl sites for hydroxylation is 1. The predicted molar refractivity (Wildman–Crippen MR) is 84.5 cm³/mol. The molecule has 0 saturated heterocycles. The zero-order valence-corrected chi connectivity index (χ0v) is 13.1. The number of hydrogen-bond acceptors (Lipinski definition) is 2. The Hall–Kier alpha value is -1.02. The molecule has 1 heterocycles. The summed E-state index contributed by atoms with van der Waals surface area (Å²) in [5.74, 6) is 1.45. The van der Waals surface area contributed by atoms with Crippen molar-refractivity contribution in [2.75, 3.05) is 12.4 Å². The molecule has 0 atom stereocenters. The SMILES string of the molecule is NC(=O)NCCn1c(CCCl)nc2cc(I)ccc21. The van der Waals surface area contributed by atoms with Crippen molar-refractivity contribution >= 4 is 51.3 Å². The quantitative estimate of drug-likeness (QED) is 0.604. The molecule has 5 nitrogen and oxygen atoms in total. The number of rotatable bonds is 5. The second kappa shape index (κ2) is 6.42. The van der Waals surface area contributed by atoms with Gasteiger partial charge in [0.1, 0.15) is 5.82 Å². The average molecular weight is 393 g/mol. The minimum Gasteiger partial charge on any atom is -0.352 e. The maximum atomic E-state index is 10.7. The monoisotopic (exact) mass is 392 g/mol. The van der Waals surface area contributed by atoms with Crippen LogP contribution in [0.5, 0.6) is 0 Å². The zero-order chi connectivity index (χ0) is 13.8. The van der Waals surface area contributed by atoms with Gasteiger partial charge in [0, 0.05) is 29.0 Å².